The van der Waals surface area contributed by atoms with Crippen LogP contribution in [0.5, 0.6) is 0 Å². The summed E-state index contributed by atoms with van der Waals surface area (Å²) in [6.45, 7) is 4.98. The molecular weight excluding hydrogens is 417 g/mol. The van der Waals surface area contributed by atoms with Crippen LogP contribution in [0, 0.1) is 0 Å². The van der Waals surface area contributed by atoms with Gasteiger partial charge in [0, 0.05) is 25.2 Å². The molecule has 0 bridgehead atoms. The molecular formula is C21H33F3N2O3S. The lowest BCUT2D eigenvalue weighted by molar-refractivity contribution is -0.137. The highest BCUT2D eigenvalue weighted by Crippen LogP contribution is 2.32. The molecule has 0 aliphatic heterocycles. The molecule has 1 aromatic carbocycles. The van der Waals surface area contributed by atoms with E-state index in [9.17, 15) is 21.6 Å². The summed E-state index contributed by atoms with van der Waals surface area (Å²) in [6.07, 6.45) is -0.617. The van der Waals surface area contributed by atoms with Gasteiger partial charge in [-0.05, 0) is 84.3 Å². The van der Waals surface area contributed by atoms with Gasteiger partial charge in [0.2, 0.25) is 10.0 Å². The highest BCUT2D eigenvalue weighted by atomic mass is 32.2. The van der Waals surface area contributed by atoms with Gasteiger partial charge >= 0.3 is 6.18 Å². The molecule has 5 nitrogen and oxygen atoms in total. The normalized spacial score (nSPS) is 21.4. The highest BCUT2D eigenvalue weighted by Gasteiger charge is 2.34. The minimum Gasteiger partial charge on any atom is -0.378 e. The van der Waals surface area contributed by atoms with Crippen molar-refractivity contribution in [2.24, 2.45) is 0 Å². The number of alkyl halides is 3. The molecule has 0 N–H and O–H groups in total. The zero-order valence-electron chi connectivity index (χ0n) is 18.4. The first kappa shape index (κ1) is 25.1. The van der Waals surface area contributed by atoms with Crippen LogP contribution in [0.2, 0.25) is 0 Å². The maximum Gasteiger partial charge on any atom is 0.416 e. The zero-order valence-corrected chi connectivity index (χ0v) is 19.2. The van der Waals surface area contributed by atoms with Gasteiger partial charge in [0.15, 0.2) is 0 Å². The van der Waals surface area contributed by atoms with E-state index >= 15 is 0 Å². The monoisotopic (exact) mass is 450 g/mol. The van der Waals surface area contributed by atoms with E-state index < -0.39 is 21.8 Å². The number of nitrogens with zero attached hydrogens (tertiary/aromatic N) is 2. The van der Waals surface area contributed by atoms with Crippen molar-refractivity contribution in [2.45, 2.75) is 74.7 Å². The molecule has 9 heteroatoms. The lowest BCUT2D eigenvalue weighted by Crippen LogP contribution is -2.41. The summed E-state index contributed by atoms with van der Waals surface area (Å²) in [7, 11) is 1.73. The van der Waals surface area contributed by atoms with E-state index in [1.807, 2.05) is 14.1 Å². The Balaban J connectivity index is 1.90. The van der Waals surface area contributed by atoms with Crippen molar-refractivity contribution in [3.8, 4) is 0 Å². The number of halogens is 3. The van der Waals surface area contributed by atoms with E-state index in [0.29, 0.717) is 19.4 Å². The minimum atomic E-state index is -4.49. The topological polar surface area (TPSA) is 49.9 Å². The molecule has 0 aromatic heterocycles. The fourth-order valence-electron chi connectivity index (χ4n) is 3.45. The summed E-state index contributed by atoms with van der Waals surface area (Å²) in [5.41, 5.74) is -0.813. The first-order valence-corrected chi connectivity index (χ1v) is 11.6. The second-order valence-electron chi connectivity index (χ2n) is 8.80. The molecule has 0 heterocycles. The average molecular weight is 451 g/mol. The Hall–Kier alpha value is -1.16. The number of sulfonamides is 1. The molecule has 1 saturated carbocycles. The van der Waals surface area contributed by atoms with Crippen LogP contribution in [-0.2, 0) is 20.9 Å². The van der Waals surface area contributed by atoms with Gasteiger partial charge in [-0.1, -0.05) is 0 Å². The smallest absolute Gasteiger partial charge is 0.378 e. The van der Waals surface area contributed by atoms with E-state index in [2.05, 4.69) is 18.7 Å². The fraction of sp³-hybridized carbons (Fsp3) is 0.714. The van der Waals surface area contributed by atoms with Gasteiger partial charge in [0.05, 0.1) is 16.6 Å². The Bertz CT molecular complexity index is 785. The van der Waals surface area contributed by atoms with Crippen molar-refractivity contribution < 1.29 is 26.3 Å². The summed E-state index contributed by atoms with van der Waals surface area (Å²) in [4.78, 5) is 2.04. The summed E-state index contributed by atoms with van der Waals surface area (Å²) in [5.74, 6) is 0. The molecule has 2 rings (SSSR count). The molecule has 0 radical (unpaired) electrons. The molecule has 1 aromatic rings. The molecule has 172 valence electrons. The number of hydrogen-bond acceptors (Lipinski definition) is 4. The van der Waals surface area contributed by atoms with E-state index in [0.717, 1.165) is 43.5 Å². The number of benzene rings is 1. The molecule has 30 heavy (non-hydrogen) atoms. The van der Waals surface area contributed by atoms with Crippen molar-refractivity contribution >= 4 is 10.0 Å². The maximum atomic E-state index is 12.8. The van der Waals surface area contributed by atoms with Crippen molar-refractivity contribution in [1.82, 2.24) is 9.21 Å². The molecule has 1 aliphatic carbocycles. The van der Waals surface area contributed by atoms with Crippen molar-refractivity contribution in [2.75, 3.05) is 27.7 Å². The third kappa shape index (κ3) is 6.18. The second kappa shape index (κ2) is 9.54. The quantitative estimate of drug-likeness (QED) is 0.590. The van der Waals surface area contributed by atoms with E-state index in [1.54, 1.807) is 0 Å². The lowest BCUT2D eigenvalue weighted by atomic mass is 9.93. The zero-order chi connectivity index (χ0) is 22.7. The lowest BCUT2D eigenvalue weighted by Gasteiger charge is -2.35. The molecule has 1 fully saturated rings. The molecule has 0 atom stereocenters. The Labute approximate surface area is 178 Å². The fourth-order valence-corrected chi connectivity index (χ4v) is 4.87. The highest BCUT2D eigenvalue weighted by molar-refractivity contribution is 7.89. The van der Waals surface area contributed by atoms with Crippen LogP contribution >= 0.6 is 0 Å². The Morgan fingerprint density at radius 1 is 1.00 bits per heavy atom. The number of hydrogen-bond donors (Lipinski definition) is 0. The third-order valence-corrected chi connectivity index (χ3v) is 8.22. The standard InChI is InChI=1S/C21H33F3N2O3S/c1-20(2,25(3)4)14-15-29-18-10-8-17(9-11-18)26(5)30(27,28)19-12-6-16(7-13-19)21(22,23)24/h6-7,12-13,17-18H,8-11,14-15H2,1-5H3. The molecule has 0 unspecified atom stereocenters. The SMILES string of the molecule is CN(C)C(C)(C)CCOC1CCC(N(C)S(=O)(=O)c2ccc(C(F)(F)F)cc2)CC1. The Morgan fingerprint density at radius 2 is 1.53 bits per heavy atom. The molecule has 0 saturated heterocycles. The van der Waals surface area contributed by atoms with E-state index in [-0.39, 0.29) is 22.6 Å². The first-order chi connectivity index (χ1) is 13.7. The number of rotatable bonds is 8. The van der Waals surface area contributed by atoms with E-state index in [1.165, 1.54) is 11.4 Å². The summed E-state index contributed by atoms with van der Waals surface area (Å²) in [6, 6.07) is 3.48. The van der Waals surface area contributed by atoms with Gasteiger partial charge < -0.3 is 9.64 Å². The van der Waals surface area contributed by atoms with Crippen LogP contribution in [0.1, 0.15) is 51.5 Å². The van der Waals surface area contributed by atoms with Gasteiger partial charge in [0.1, 0.15) is 0 Å². The van der Waals surface area contributed by atoms with Crippen molar-refractivity contribution in [1.29, 1.82) is 0 Å². The minimum absolute atomic E-state index is 0.0488. The van der Waals surface area contributed by atoms with Gasteiger partial charge in [0.25, 0.3) is 0 Å². The van der Waals surface area contributed by atoms with Crippen molar-refractivity contribution in [3.05, 3.63) is 29.8 Å². The predicted molar refractivity (Wildman–Crippen MR) is 111 cm³/mol. The molecule has 0 spiro atoms. The van der Waals surface area contributed by atoms with Crippen molar-refractivity contribution in [3.63, 3.8) is 0 Å². The van der Waals surface area contributed by atoms with E-state index in [4.69, 9.17) is 4.74 Å². The first-order valence-electron chi connectivity index (χ1n) is 10.2. The Kier molecular flexibility index (Phi) is 7.99. The molecule has 0 amide bonds. The maximum absolute atomic E-state index is 12.8. The van der Waals surface area contributed by atoms with Crippen LogP contribution < -0.4 is 0 Å². The van der Waals surface area contributed by atoms with Gasteiger partial charge in [-0.3, -0.25) is 0 Å². The number of ether oxygens (including phenoxy) is 1. The third-order valence-electron chi connectivity index (χ3n) is 6.29. The average Bonchev–Trinajstić information content (AvgIpc) is 2.67. The summed E-state index contributed by atoms with van der Waals surface area (Å²) in [5, 5.41) is 0. The second-order valence-corrected chi connectivity index (χ2v) is 10.8. The van der Waals surface area contributed by atoms with Gasteiger partial charge in [-0.2, -0.15) is 17.5 Å². The van der Waals surface area contributed by atoms with Crippen LogP contribution in [0.3, 0.4) is 0 Å². The molecule has 1 aliphatic rings. The predicted octanol–water partition coefficient (Wildman–Crippen LogP) is 4.38. The largest absolute Gasteiger partial charge is 0.416 e. The summed E-state index contributed by atoms with van der Waals surface area (Å²) < 4.78 is 71.1. The summed E-state index contributed by atoms with van der Waals surface area (Å²) >= 11 is 0. The Morgan fingerprint density at radius 3 is 2.00 bits per heavy atom. The van der Waals surface area contributed by atoms with Crippen LogP contribution in [0.4, 0.5) is 13.2 Å². The van der Waals surface area contributed by atoms with Gasteiger partial charge in [-0.15, -0.1) is 0 Å². The van der Waals surface area contributed by atoms with Crippen LogP contribution in [0.15, 0.2) is 29.2 Å². The van der Waals surface area contributed by atoms with Gasteiger partial charge in [-0.25, -0.2) is 8.42 Å². The van der Waals surface area contributed by atoms with Crippen LogP contribution in [0.25, 0.3) is 0 Å². The van der Waals surface area contributed by atoms with Crippen LogP contribution in [-0.4, -0.2) is 63.1 Å².